The third kappa shape index (κ3) is 51.7. The zero-order valence-corrected chi connectivity index (χ0v) is 42.8. The summed E-state index contributed by atoms with van der Waals surface area (Å²) in [5, 5.41) is 0. The average molecular weight is 933 g/mol. The van der Waals surface area contributed by atoms with Crippen molar-refractivity contribution in [3.05, 3.63) is 170 Å². The Hall–Kier alpha value is -5.23. The minimum absolute atomic E-state index is 0.140. The monoisotopic (exact) mass is 933 g/mol. The first-order chi connectivity index (χ1) is 33.5. The fourth-order valence-electron chi connectivity index (χ4n) is 6.39. The summed E-state index contributed by atoms with van der Waals surface area (Å²) in [6, 6.07) is 0. The topological polar surface area (TPSA) is 78.9 Å². The predicted molar refractivity (Wildman–Crippen MR) is 292 cm³/mol. The van der Waals surface area contributed by atoms with Gasteiger partial charge in [0, 0.05) is 19.3 Å². The summed E-state index contributed by atoms with van der Waals surface area (Å²) in [5.41, 5.74) is 0. The van der Waals surface area contributed by atoms with Gasteiger partial charge in [0.2, 0.25) is 0 Å². The van der Waals surface area contributed by atoms with Crippen molar-refractivity contribution in [1.29, 1.82) is 0 Å². The molecule has 1 atom stereocenters. The van der Waals surface area contributed by atoms with Gasteiger partial charge in [0.15, 0.2) is 6.10 Å². The SMILES string of the molecule is CC/C=C/C=C/C=C/C=C/C=C/C=C/C=C/CCCCCC(=O)OCC(COC(=O)CCC/C=C/C=C/C=C/C=C/C=C/CC)OC(=O)CCCCCCC/C=C/C=C/CCCCCCCCC. The molecule has 0 aliphatic carbocycles. The lowest BCUT2D eigenvalue weighted by atomic mass is 10.1. The molecule has 0 rings (SSSR count). The highest BCUT2D eigenvalue weighted by Crippen LogP contribution is 2.12. The second kappa shape index (κ2) is 54.4. The van der Waals surface area contributed by atoms with Gasteiger partial charge in [0.05, 0.1) is 0 Å². The number of unbranched alkanes of at least 4 members (excludes halogenated alkanes) is 16. The molecule has 6 nitrogen and oxygen atoms in total. The highest BCUT2D eigenvalue weighted by atomic mass is 16.6. The summed E-state index contributed by atoms with van der Waals surface area (Å²) in [6.07, 6.45) is 80.5. The lowest BCUT2D eigenvalue weighted by molar-refractivity contribution is -0.167. The molecule has 6 heteroatoms. The van der Waals surface area contributed by atoms with Crippen LogP contribution in [0.15, 0.2) is 170 Å². The summed E-state index contributed by atoms with van der Waals surface area (Å²) in [4.78, 5) is 38.0. The van der Waals surface area contributed by atoms with Gasteiger partial charge >= 0.3 is 17.9 Å². The summed E-state index contributed by atoms with van der Waals surface area (Å²) < 4.78 is 16.7. The van der Waals surface area contributed by atoms with E-state index in [1.54, 1.807) is 0 Å². The second-order valence-corrected chi connectivity index (χ2v) is 16.7. The Morgan fingerprint density at radius 3 is 0.985 bits per heavy atom. The van der Waals surface area contributed by atoms with Crippen LogP contribution in [-0.2, 0) is 28.6 Å². The Morgan fingerprint density at radius 1 is 0.309 bits per heavy atom. The van der Waals surface area contributed by atoms with E-state index in [9.17, 15) is 14.4 Å². The van der Waals surface area contributed by atoms with E-state index in [4.69, 9.17) is 14.2 Å². The van der Waals surface area contributed by atoms with E-state index >= 15 is 0 Å². The van der Waals surface area contributed by atoms with Crippen LogP contribution in [0.2, 0.25) is 0 Å². The van der Waals surface area contributed by atoms with Crippen LogP contribution >= 0.6 is 0 Å². The van der Waals surface area contributed by atoms with Crippen LogP contribution in [-0.4, -0.2) is 37.2 Å². The van der Waals surface area contributed by atoms with E-state index < -0.39 is 6.10 Å². The van der Waals surface area contributed by atoms with Crippen LogP contribution in [0.25, 0.3) is 0 Å². The van der Waals surface area contributed by atoms with Crippen molar-refractivity contribution in [3.8, 4) is 0 Å². The Bertz CT molecular complexity index is 1640. The van der Waals surface area contributed by atoms with E-state index in [1.165, 1.54) is 44.9 Å². The molecule has 0 radical (unpaired) electrons. The maximum absolute atomic E-state index is 12.8. The molecule has 0 aliphatic heterocycles. The van der Waals surface area contributed by atoms with Gasteiger partial charge in [-0.1, -0.05) is 255 Å². The van der Waals surface area contributed by atoms with E-state index in [-0.39, 0.29) is 50.4 Å². The highest BCUT2D eigenvalue weighted by Gasteiger charge is 2.19. The maximum Gasteiger partial charge on any atom is 0.306 e. The van der Waals surface area contributed by atoms with Crippen LogP contribution in [0, 0.1) is 0 Å². The van der Waals surface area contributed by atoms with Gasteiger partial charge in [-0.05, 0) is 77.0 Å². The van der Waals surface area contributed by atoms with Crippen molar-refractivity contribution >= 4 is 17.9 Å². The standard InChI is InChI=1S/C62H92O6/c1-4-7-10-13-16-19-22-25-27-29-31-33-34-37-40-43-46-49-52-55-61(64)67-58-59(57-66-60(63)54-51-48-45-42-39-36-24-21-18-15-12-9-6-3)68-62(65)56-53-50-47-44-41-38-35-32-30-28-26-23-20-17-14-11-8-5-2/h7,9-10,12-13,15-16,18-19,21-22,24-25,27-37,39-40,42,45,59H,4-6,8,11,14,17,20,23,26,38,41,43-44,46-58H2,1-3H3/b10-7+,12-9+,16-13+,18-15+,22-19+,24-21+,27-25+,30-28+,31-29+,34-33+,35-32+,39-36+,40-37+,45-42+. The summed E-state index contributed by atoms with van der Waals surface area (Å²) in [6.45, 7) is 6.19. The Labute approximate surface area is 415 Å². The third-order valence-corrected chi connectivity index (χ3v) is 10.3. The number of carbonyl (C=O) groups excluding carboxylic acids is 3. The third-order valence-electron chi connectivity index (χ3n) is 10.3. The highest BCUT2D eigenvalue weighted by molar-refractivity contribution is 5.71. The zero-order valence-electron chi connectivity index (χ0n) is 42.8. The molecule has 0 aromatic carbocycles. The number of allylic oxidation sites excluding steroid dienone is 28. The number of hydrogen-bond donors (Lipinski definition) is 0. The van der Waals surface area contributed by atoms with Gasteiger partial charge in [-0.3, -0.25) is 14.4 Å². The summed E-state index contributed by atoms with van der Waals surface area (Å²) in [7, 11) is 0. The maximum atomic E-state index is 12.8. The molecule has 0 bridgehead atoms. The van der Waals surface area contributed by atoms with Gasteiger partial charge in [-0.15, -0.1) is 0 Å². The molecule has 0 aliphatic rings. The molecule has 0 N–H and O–H groups in total. The first-order valence-electron chi connectivity index (χ1n) is 26.3. The molecule has 376 valence electrons. The number of ether oxygens (including phenoxy) is 3. The summed E-state index contributed by atoms with van der Waals surface area (Å²) >= 11 is 0. The quantitative estimate of drug-likeness (QED) is 0.0262. The molecule has 0 aromatic heterocycles. The smallest absolute Gasteiger partial charge is 0.306 e. The molecule has 0 saturated heterocycles. The molecule has 0 amide bonds. The Kier molecular flexibility index (Phi) is 50.2. The van der Waals surface area contributed by atoms with E-state index in [0.717, 1.165) is 83.5 Å². The molecule has 0 aromatic rings. The van der Waals surface area contributed by atoms with Crippen molar-refractivity contribution in [2.75, 3.05) is 13.2 Å². The first kappa shape index (κ1) is 62.8. The van der Waals surface area contributed by atoms with Crippen molar-refractivity contribution < 1.29 is 28.6 Å². The van der Waals surface area contributed by atoms with E-state index in [0.29, 0.717) is 12.8 Å². The molecule has 1 unspecified atom stereocenters. The van der Waals surface area contributed by atoms with Crippen molar-refractivity contribution in [1.82, 2.24) is 0 Å². The molecular weight excluding hydrogens is 841 g/mol. The van der Waals surface area contributed by atoms with Crippen LogP contribution in [0.3, 0.4) is 0 Å². The predicted octanol–water partition coefficient (Wildman–Crippen LogP) is 17.6. The molecule has 0 heterocycles. The number of esters is 3. The molecule has 0 spiro atoms. The zero-order chi connectivity index (χ0) is 49.3. The fourth-order valence-corrected chi connectivity index (χ4v) is 6.39. The minimum Gasteiger partial charge on any atom is -0.462 e. The van der Waals surface area contributed by atoms with Crippen molar-refractivity contribution in [2.24, 2.45) is 0 Å². The fraction of sp³-hybridized carbons (Fsp3) is 0.500. The van der Waals surface area contributed by atoms with E-state index in [1.807, 2.05) is 128 Å². The van der Waals surface area contributed by atoms with Crippen LogP contribution in [0.1, 0.15) is 181 Å². The van der Waals surface area contributed by atoms with Crippen LogP contribution < -0.4 is 0 Å². The van der Waals surface area contributed by atoms with Crippen LogP contribution in [0.5, 0.6) is 0 Å². The molecule has 0 saturated carbocycles. The summed E-state index contributed by atoms with van der Waals surface area (Å²) in [5.74, 6) is -1.09. The van der Waals surface area contributed by atoms with Gasteiger partial charge in [0.25, 0.3) is 0 Å². The lowest BCUT2D eigenvalue weighted by Crippen LogP contribution is -2.30. The largest absolute Gasteiger partial charge is 0.462 e. The first-order valence-corrected chi connectivity index (χ1v) is 26.3. The minimum atomic E-state index is -0.844. The van der Waals surface area contributed by atoms with Crippen molar-refractivity contribution in [2.45, 2.75) is 187 Å². The number of hydrogen-bond acceptors (Lipinski definition) is 6. The molecular formula is C62H92O6. The average Bonchev–Trinajstić information content (AvgIpc) is 3.34. The Balaban J connectivity index is 4.64. The van der Waals surface area contributed by atoms with Crippen molar-refractivity contribution in [3.63, 3.8) is 0 Å². The van der Waals surface area contributed by atoms with Gasteiger partial charge < -0.3 is 14.2 Å². The molecule has 68 heavy (non-hydrogen) atoms. The van der Waals surface area contributed by atoms with Crippen LogP contribution in [0.4, 0.5) is 0 Å². The Morgan fingerprint density at radius 2 is 0.588 bits per heavy atom. The number of rotatable bonds is 44. The molecule has 0 fully saturated rings. The van der Waals surface area contributed by atoms with Gasteiger partial charge in [-0.25, -0.2) is 0 Å². The second-order valence-electron chi connectivity index (χ2n) is 16.7. The number of carbonyl (C=O) groups is 3. The normalized spacial score (nSPS) is 13.5. The lowest BCUT2D eigenvalue weighted by Gasteiger charge is -2.18. The van der Waals surface area contributed by atoms with E-state index in [2.05, 4.69) is 63.3 Å². The van der Waals surface area contributed by atoms with Gasteiger partial charge in [-0.2, -0.15) is 0 Å². The van der Waals surface area contributed by atoms with Gasteiger partial charge in [0.1, 0.15) is 13.2 Å².